The molecular formula is C21H32IN5O3S. The number of hydrogen-bond donors (Lipinski definition) is 2. The van der Waals surface area contributed by atoms with Crippen LogP contribution in [0.3, 0.4) is 0 Å². The molecule has 10 heteroatoms. The first kappa shape index (κ1) is 25.3. The van der Waals surface area contributed by atoms with Crippen LogP contribution in [0.15, 0.2) is 22.5 Å². The third-order valence-corrected chi connectivity index (χ3v) is 5.78. The summed E-state index contributed by atoms with van der Waals surface area (Å²) in [5.74, 6) is 2.44. The van der Waals surface area contributed by atoms with Gasteiger partial charge in [0.1, 0.15) is 0 Å². The lowest BCUT2D eigenvalue weighted by atomic mass is 10.2. The SMILES string of the molecule is CCNC(=NCCc1csc(N2CCCC2)n1)Nc1cc(OC)c(OC)c(OC)c1.I. The lowest BCUT2D eigenvalue weighted by Gasteiger charge is -2.16. The molecule has 0 aliphatic carbocycles. The van der Waals surface area contributed by atoms with Crippen molar-refractivity contribution >= 4 is 52.1 Å². The van der Waals surface area contributed by atoms with Crippen molar-refractivity contribution in [3.8, 4) is 17.2 Å². The summed E-state index contributed by atoms with van der Waals surface area (Å²) < 4.78 is 16.2. The minimum absolute atomic E-state index is 0. The number of halogens is 1. The summed E-state index contributed by atoms with van der Waals surface area (Å²) in [4.78, 5) is 11.8. The van der Waals surface area contributed by atoms with Crippen molar-refractivity contribution in [1.82, 2.24) is 10.3 Å². The molecule has 0 bridgehead atoms. The van der Waals surface area contributed by atoms with Crippen molar-refractivity contribution in [3.05, 3.63) is 23.2 Å². The van der Waals surface area contributed by atoms with E-state index in [-0.39, 0.29) is 24.0 Å². The van der Waals surface area contributed by atoms with Crippen molar-refractivity contribution in [3.63, 3.8) is 0 Å². The monoisotopic (exact) mass is 561 g/mol. The van der Waals surface area contributed by atoms with Gasteiger partial charge >= 0.3 is 0 Å². The molecule has 31 heavy (non-hydrogen) atoms. The van der Waals surface area contributed by atoms with Gasteiger partial charge < -0.3 is 29.7 Å². The summed E-state index contributed by atoms with van der Waals surface area (Å²) in [5.41, 5.74) is 1.89. The maximum atomic E-state index is 5.43. The van der Waals surface area contributed by atoms with Gasteiger partial charge in [0.2, 0.25) is 5.75 Å². The Bertz CT molecular complexity index is 830. The lowest BCUT2D eigenvalue weighted by Crippen LogP contribution is -2.31. The van der Waals surface area contributed by atoms with E-state index < -0.39 is 0 Å². The highest BCUT2D eigenvalue weighted by Crippen LogP contribution is 2.39. The first-order valence-electron chi connectivity index (χ1n) is 10.2. The summed E-state index contributed by atoms with van der Waals surface area (Å²) in [6, 6.07) is 3.72. The molecule has 2 N–H and O–H groups in total. The Labute approximate surface area is 205 Å². The van der Waals surface area contributed by atoms with Gasteiger partial charge in [0.15, 0.2) is 22.6 Å². The molecule has 0 spiro atoms. The van der Waals surface area contributed by atoms with Gasteiger partial charge in [-0.25, -0.2) is 4.98 Å². The first-order valence-corrected chi connectivity index (χ1v) is 11.1. The second-order valence-corrected chi connectivity index (χ2v) is 7.70. The van der Waals surface area contributed by atoms with E-state index in [2.05, 4.69) is 20.9 Å². The fourth-order valence-electron chi connectivity index (χ4n) is 3.34. The Kier molecular flexibility index (Phi) is 10.4. The van der Waals surface area contributed by atoms with E-state index >= 15 is 0 Å². The predicted octanol–water partition coefficient (Wildman–Crippen LogP) is 4.01. The summed E-state index contributed by atoms with van der Waals surface area (Å²) >= 11 is 1.73. The zero-order valence-corrected chi connectivity index (χ0v) is 21.7. The molecule has 2 heterocycles. The van der Waals surface area contributed by atoms with Crippen LogP contribution in [0, 0.1) is 0 Å². The fourth-order valence-corrected chi connectivity index (χ4v) is 4.26. The van der Waals surface area contributed by atoms with E-state index in [1.54, 1.807) is 32.7 Å². The molecule has 0 amide bonds. The molecule has 1 fully saturated rings. The van der Waals surface area contributed by atoms with E-state index in [4.69, 9.17) is 24.2 Å². The predicted molar refractivity (Wildman–Crippen MR) is 138 cm³/mol. The molecule has 2 aromatic rings. The molecule has 0 saturated carbocycles. The zero-order chi connectivity index (χ0) is 21.3. The molecule has 0 atom stereocenters. The summed E-state index contributed by atoms with van der Waals surface area (Å²) in [6.45, 7) is 5.67. The topological polar surface area (TPSA) is 80.2 Å². The first-order chi connectivity index (χ1) is 14.7. The zero-order valence-electron chi connectivity index (χ0n) is 18.6. The third-order valence-electron chi connectivity index (χ3n) is 4.83. The average Bonchev–Trinajstić information content (AvgIpc) is 3.45. The number of guanidine groups is 1. The van der Waals surface area contributed by atoms with Crippen LogP contribution in [-0.2, 0) is 6.42 Å². The molecule has 3 rings (SSSR count). The Morgan fingerprint density at radius 1 is 1.13 bits per heavy atom. The molecule has 0 unspecified atom stereocenters. The van der Waals surface area contributed by atoms with Gasteiger partial charge in [-0.05, 0) is 19.8 Å². The number of rotatable bonds is 9. The highest BCUT2D eigenvalue weighted by atomic mass is 127. The molecule has 172 valence electrons. The van der Waals surface area contributed by atoms with Crippen LogP contribution in [0.5, 0.6) is 17.2 Å². The normalized spacial score (nSPS) is 13.5. The number of aliphatic imine (C=N–C) groups is 1. The van der Waals surface area contributed by atoms with Gasteiger partial charge in [0.05, 0.1) is 27.0 Å². The Morgan fingerprint density at radius 3 is 2.39 bits per heavy atom. The van der Waals surface area contributed by atoms with Crippen LogP contribution in [0.1, 0.15) is 25.5 Å². The van der Waals surface area contributed by atoms with Gasteiger partial charge in [0.25, 0.3) is 0 Å². The molecule has 1 aliphatic heterocycles. The van der Waals surface area contributed by atoms with E-state index in [0.717, 1.165) is 42.6 Å². The number of thiazole rings is 1. The lowest BCUT2D eigenvalue weighted by molar-refractivity contribution is 0.324. The minimum Gasteiger partial charge on any atom is -0.493 e. The van der Waals surface area contributed by atoms with Crippen LogP contribution in [0.25, 0.3) is 0 Å². The van der Waals surface area contributed by atoms with Crippen molar-refractivity contribution in [2.75, 3.05) is 57.7 Å². The molecule has 1 aliphatic rings. The van der Waals surface area contributed by atoms with Crippen molar-refractivity contribution in [2.24, 2.45) is 4.99 Å². The average molecular weight is 561 g/mol. The number of aromatic nitrogens is 1. The van der Waals surface area contributed by atoms with Gasteiger partial charge in [-0.1, -0.05) is 0 Å². The van der Waals surface area contributed by atoms with Gasteiger partial charge in [-0.2, -0.15) is 0 Å². The second kappa shape index (κ2) is 12.8. The Hall–Kier alpha value is -1.95. The van der Waals surface area contributed by atoms with E-state index in [0.29, 0.717) is 29.8 Å². The summed E-state index contributed by atoms with van der Waals surface area (Å²) in [6.07, 6.45) is 3.33. The highest BCUT2D eigenvalue weighted by molar-refractivity contribution is 14.0. The maximum Gasteiger partial charge on any atom is 0.203 e. The van der Waals surface area contributed by atoms with Crippen molar-refractivity contribution in [2.45, 2.75) is 26.2 Å². The van der Waals surface area contributed by atoms with Crippen LogP contribution in [0.2, 0.25) is 0 Å². The van der Waals surface area contributed by atoms with Gasteiger partial charge in [0, 0.05) is 55.8 Å². The highest BCUT2D eigenvalue weighted by Gasteiger charge is 2.16. The number of ether oxygens (including phenoxy) is 3. The van der Waals surface area contributed by atoms with Gasteiger partial charge in [-0.3, -0.25) is 4.99 Å². The molecule has 0 radical (unpaired) electrons. The Balaban J connectivity index is 0.00000341. The number of nitrogens with one attached hydrogen (secondary N) is 2. The fraction of sp³-hybridized carbons (Fsp3) is 0.524. The number of methoxy groups -OCH3 is 3. The number of benzene rings is 1. The van der Waals surface area contributed by atoms with Crippen LogP contribution < -0.4 is 29.7 Å². The van der Waals surface area contributed by atoms with Crippen molar-refractivity contribution < 1.29 is 14.2 Å². The summed E-state index contributed by atoms with van der Waals surface area (Å²) in [7, 11) is 4.79. The standard InChI is InChI=1S/C21H31N5O3S.HI/c1-5-22-20(24-16-12-17(27-2)19(29-4)18(13-16)28-3)23-9-8-15-14-30-21(25-15)26-10-6-7-11-26;/h12-14H,5-11H2,1-4H3,(H2,22,23,24);1H. The Morgan fingerprint density at radius 2 is 1.81 bits per heavy atom. The number of hydrogen-bond acceptors (Lipinski definition) is 7. The van der Waals surface area contributed by atoms with Crippen LogP contribution >= 0.6 is 35.3 Å². The molecule has 1 saturated heterocycles. The largest absolute Gasteiger partial charge is 0.493 e. The number of anilines is 2. The minimum atomic E-state index is 0. The van der Waals surface area contributed by atoms with E-state index in [1.165, 1.54) is 12.8 Å². The van der Waals surface area contributed by atoms with Crippen LogP contribution in [0.4, 0.5) is 10.8 Å². The van der Waals surface area contributed by atoms with Crippen molar-refractivity contribution in [1.29, 1.82) is 0 Å². The van der Waals surface area contributed by atoms with Crippen LogP contribution in [-0.4, -0.2) is 58.5 Å². The van der Waals surface area contributed by atoms with E-state index in [1.807, 2.05) is 19.1 Å². The second-order valence-electron chi connectivity index (χ2n) is 6.87. The van der Waals surface area contributed by atoms with E-state index in [9.17, 15) is 0 Å². The number of nitrogens with zero attached hydrogens (tertiary/aromatic N) is 3. The molecule has 1 aromatic heterocycles. The molecule has 1 aromatic carbocycles. The quantitative estimate of drug-likeness (QED) is 0.272. The van der Waals surface area contributed by atoms with Gasteiger partial charge in [-0.15, -0.1) is 35.3 Å². The maximum absolute atomic E-state index is 5.43. The molecule has 8 nitrogen and oxygen atoms in total. The molecular weight excluding hydrogens is 529 g/mol. The smallest absolute Gasteiger partial charge is 0.203 e. The third kappa shape index (κ3) is 6.76. The summed E-state index contributed by atoms with van der Waals surface area (Å²) in [5, 5.41) is 9.86.